The van der Waals surface area contributed by atoms with E-state index in [0.29, 0.717) is 11.8 Å². The molecule has 5 nitrogen and oxygen atoms in total. The Bertz CT molecular complexity index is 735. The van der Waals surface area contributed by atoms with E-state index in [1.54, 1.807) is 20.3 Å². The van der Waals surface area contributed by atoms with Gasteiger partial charge in [0.1, 0.15) is 11.9 Å². The van der Waals surface area contributed by atoms with Crippen molar-refractivity contribution in [2.75, 3.05) is 20.8 Å². The summed E-state index contributed by atoms with van der Waals surface area (Å²) in [5, 5.41) is 0. The molecule has 1 heterocycles. The number of carbonyl (C=O) groups is 1. The normalized spacial score (nSPS) is 28.8. The van der Waals surface area contributed by atoms with Gasteiger partial charge < -0.3 is 18.9 Å². The van der Waals surface area contributed by atoms with Crippen LogP contribution in [0, 0.1) is 17.8 Å². The first-order valence-electron chi connectivity index (χ1n) is 11.6. The second kappa shape index (κ2) is 10.6. The minimum Gasteiger partial charge on any atom is -0.497 e. The molecule has 2 fully saturated rings. The Morgan fingerprint density at radius 2 is 1.90 bits per heavy atom. The average Bonchev–Trinajstić information content (AvgIpc) is 3.53. The molecule has 0 aromatic heterocycles. The van der Waals surface area contributed by atoms with Crippen LogP contribution in [-0.2, 0) is 19.0 Å². The number of methoxy groups -OCH3 is 2. The van der Waals surface area contributed by atoms with Gasteiger partial charge in [0.25, 0.3) is 0 Å². The maximum absolute atomic E-state index is 12.5. The molecule has 31 heavy (non-hydrogen) atoms. The summed E-state index contributed by atoms with van der Waals surface area (Å²) in [6, 6.07) is 7.55. The molecule has 1 aromatic rings. The molecule has 1 aromatic carbocycles. The van der Waals surface area contributed by atoms with Crippen LogP contribution in [0.2, 0.25) is 0 Å². The zero-order valence-corrected chi connectivity index (χ0v) is 19.6. The van der Waals surface area contributed by atoms with Crippen molar-refractivity contribution >= 4 is 12.0 Å². The van der Waals surface area contributed by atoms with Gasteiger partial charge in [0, 0.05) is 19.1 Å². The number of epoxide rings is 1. The minimum absolute atomic E-state index is 0.0836. The van der Waals surface area contributed by atoms with Crippen LogP contribution in [-0.4, -0.2) is 44.6 Å². The van der Waals surface area contributed by atoms with Gasteiger partial charge in [-0.1, -0.05) is 52.2 Å². The fourth-order valence-corrected chi connectivity index (χ4v) is 5.04. The van der Waals surface area contributed by atoms with Crippen molar-refractivity contribution < 1.29 is 23.7 Å². The first kappa shape index (κ1) is 23.8. The molecule has 0 amide bonds. The van der Waals surface area contributed by atoms with E-state index in [-0.39, 0.29) is 29.7 Å². The SMILES string of the molecule is COc1ccc(C=CC(=O)O[C@@H]2CC[C@]3(CO3)[C@@H]([C@@H](C)CCCC(C)C)[C@@H]2OC)cc1. The number of carbonyl (C=O) groups excluding carboxylic acids is 1. The zero-order valence-electron chi connectivity index (χ0n) is 19.6. The van der Waals surface area contributed by atoms with Crippen LogP contribution in [0.4, 0.5) is 0 Å². The van der Waals surface area contributed by atoms with E-state index in [9.17, 15) is 4.79 Å². The highest BCUT2D eigenvalue weighted by Crippen LogP contribution is 2.51. The van der Waals surface area contributed by atoms with Crippen LogP contribution in [0.25, 0.3) is 6.08 Å². The Kier molecular flexibility index (Phi) is 8.17. The van der Waals surface area contributed by atoms with E-state index in [2.05, 4.69) is 20.8 Å². The molecule has 1 saturated heterocycles. The first-order valence-corrected chi connectivity index (χ1v) is 11.6. The summed E-state index contributed by atoms with van der Waals surface area (Å²) >= 11 is 0. The second-order valence-corrected chi connectivity index (χ2v) is 9.50. The zero-order chi connectivity index (χ0) is 22.4. The van der Waals surface area contributed by atoms with E-state index in [1.807, 2.05) is 24.3 Å². The standard InChI is InChI=1S/C26H38O5/c1-18(2)7-6-8-19(3)24-25(29-5)22(15-16-26(24)17-30-26)31-23(27)14-11-20-9-12-21(28-4)13-10-20/h9-14,18-19,22,24-25H,6-8,15-17H2,1-5H3/t19-,22+,24-,25+,26-/m0/s1. The van der Waals surface area contributed by atoms with E-state index >= 15 is 0 Å². The van der Waals surface area contributed by atoms with Crippen molar-refractivity contribution in [2.45, 2.75) is 70.7 Å². The summed E-state index contributed by atoms with van der Waals surface area (Å²) in [6.07, 6.45) is 8.16. The molecule has 5 heteroatoms. The van der Waals surface area contributed by atoms with Crippen molar-refractivity contribution in [3.8, 4) is 5.75 Å². The number of hydrogen-bond donors (Lipinski definition) is 0. The summed E-state index contributed by atoms with van der Waals surface area (Å²) in [4.78, 5) is 12.5. The monoisotopic (exact) mass is 430 g/mol. The summed E-state index contributed by atoms with van der Waals surface area (Å²) in [5.41, 5.74) is 0.839. The Morgan fingerprint density at radius 3 is 2.48 bits per heavy atom. The van der Waals surface area contributed by atoms with E-state index in [0.717, 1.165) is 37.2 Å². The lowest BCUT2D eigenvalue weighted by atomic mass is 9.68. The van der Waals surface area contributed by atoms with Gasteiger partial charge >= 0.3 is 5.97 Å². The van der Waals surface area contributed by atoms with E-state index in [4.69, 9.17) is 18.9 Å². The Balaban J connectivity index is 1.62. The minimum atomic E-state index is -0.332. The summed E-state index contributed by atoms with van der Waals surface area (Å²) in [7, 11) is 3.36. The van der Waals surface area contributed by atoms with Crippen LogP contribution in [0.1, 0.15) is 58.4 Å². The Hall–Kier alpha value is -1.85. The fraction of sp³-hybridized carbons (Fsp3) is 0.654. The van der Waals surface area contributed by atoms with E-state index in [1.165, 1.54) is 18.9 Å². The Morgan fingerprint density at radius 1 is 1.19 bits per heavy atom. The third kappa shape index (κ3) is 6.11. The first-order chi connectivity index (χ1) is 14.9. The highest BCUT2D eigenvalue weighted by Gasteiger charge is 2.60. The third-order valence-corrected chi connectivity index (χ3v) is 6.82. The quantitative estimate of drug-likeness (QED) is 0.287. The van der Waals surface area contributed by atoms with Crippen molar-refractivity contribution in [1.29, 1.82) is 0 Å². The smallest absolute Gasteiger partial charge is 0.331 e. The number of esters is 1. The summed E-state index contributed by atoms with van der Waals surface area (Å²) in [6.45, 7) is 7.63. The lowest BCUT2D eigenvalue weighted by Crippen LogP contribution is -2.52. The van der Waals surface area contributed by atoms with Gasteiger partial charge in [-0.15, -0.1) is 0 Å². The molecule has 0 N–H and O–H groups in total. The predicted molar refractivity (Wildman–Crippen MR) is 122 cm³/mol. The van der Waals surface area contributed by atoms with Crippen LogP contribution in [0.5, 0.6) is 5.75 Å². The van der Waals surface area contributed by atoms with Gasteiger partial charge in [0.05, 0.1) is 25.4 Å². The molecule has 2 aliphatic rings. The molecule has 1 aliphatic heterocycles. The summed E-state index contributed by atoms with van der Waals surface area (Å²) in [5.74, 6) is 1.88. The summed E-state index contributed by atoms with van der Waals surface area (Å²) < 4.78 is 22.9. The van der Waals surface area contributed by atoms with Gasteiger partial charge in [-0.25, -0.2) is 4.79 Å². The molecule has 5 atom stereocenters. The molecule has 0 bridgehead atoms. The number of hydrogen-bond acceptors (Lipinski definition) is 5. The molecule has 1 spiro atoms. The van der Waals surface area contributed by atoms with Crippen molar-refractivity contribution in [3.63, 3.8) is 0 Å². The predicted octanol–water partition coefficient (Wildman–Crippen LogP) is 5.28. The van der Waals surface area contributed by atoms with Crippen LogP contribution < -0.4 is 4.74 Å². The largest absolute Gasteiger partial charge is 0.497 e. The fourth-order valence-electron chi connectivity index (χ4n) is 5.04. The topological polar surface area (TPSA) is 57.3 Å². The molecule has 1 saturated carbocycles. The lowest BCUT2D eigenvalue weighted by Gasteiger charge is -2.43. The van der Waals surface area contributed by atoms with Gasteiger partial charge in [0.15, 0.2) is 0 Å². The second-order valence-electron chi connectivity index (χ2n) is 9.50. The number of ether oxygens (including phenoxy) is 4. The third-order valence-electron chi connectivity index (χ3n) is 6.82. The molecule has 0 radical (unpaired) electrons. The van der Waals surface area contributed by atoms with Crippen LogP contribution >= 0.6 is 0 Å². The van der Waals surface area contributed by atoms with Gasteiger partial charge in [-0.2, -0.15) is 0 Å². The molecular weight excluding hydrogens is 392 g/mol. The maximum Gasteiger partial charge on any atom is 0.331 e. The molecule has 1 aliphatic carbocycles. The van der Waals surface area contributed by atoms with Crippen LogP contribution in [0.3, 0.4) is 0 Å². The average molecular weight is 431 g/mol. The van der Waals surface area contributed by atoms with Gasteiger partial charge in [-0.3, -0.25) is 0 Å². The Labute approximate surface area is 187 Å². The maximum atomic E-state index is 12.5. The molecule has 172 valence electrons. The molecule has 3 rings (SSSR count). The van der Waals surface area contributed by atoms with Crippen molar-refractivity contribution in [1.82, 2.24) is 0 Å². The van der Waals surface area contributed by atoms with Gasteiger partial charge in [0.2, 0.25) is 0 Å². The van der Waals surface area contributed by atoms with Crippen molar-refractivity contribution in [3.05, 3.63) is 35.9 Å². The van der Waals surface area contributed by atoms with E-state index < -0.39 is 0 Å². The highest BCUT2D eigenvalue weighted by atomic mass is 16.6. The van der Waals surface area contributed by atoms with Gasteiger partial charge in [-0.05, 0) is 48.4 Å². The number of rotatable bonds is 10. The highest BCUT2D eigenvalue weighted by molar-refractivity contribution is 5.87. The lowest BCUT2D eigenvalue weighted by molar-refractivity contribution is -0.165. The van der Waals surface area contributed by atoms with Crippen molar-refractivity contribution in [2.24, 2.45) is 17.8 Å². The number of benzene rings is 1. The molecule has 0 unspecified atom stereocenters. The molecular formula is C26H38O5. The van der Waals surface area contributed by atoms with Crippen LogP contribution in [0.15, 0.2) is 30.3 Å².